The van der Waals surface area contributed by atoms with Gasteiger partial charge in [-0.05, 0) is 18.6 Å². The Balaban J connectivity index is 0.00000225. The number of rotatable bonds is 4. The number of pyridine rings is 1. The molecule has 0 saturated carbocycles. The molecule has 1 aliphatic rings. The normalized spacial score (nSPS) is 13.9. The Hall–Kier alpha value is -1.82. The summed E-state index contributed by atoms with van der Waals surface area (Å²) in [6.45, 7) is 5.75. The van der Waals surface area contributed by atoms with Gasteiger partial charge in [0.1, 0.15) is 12.4 Å². The minimum Gasteiger partial charge on any atom is -0.457 e. The van der Waals surface area contributed by atoms with Crippen molar-refractivity contribution in [2.45, 2.75) is 13.5 Å². The Morgan fingerprint density at radius 3 is 2.60 bits per heavy atom. The minimum absolute atomic E-state index is 0. The Bertz CT molecular complexity index is 717. The summed E-state index contributed by atoms with van der Waals surface area (Å²) in [4.78, 5) is 18.6. The highest BCUT2D eigenvalue weighted by molar-refractivity contribution is 6.33. The number of hydrogen-bond acceptors (Lipinski definition) is 5. The summed E-state index contributed by atoms with van der Waals surface area (Å²) in [5.74, 6) is 0.296. The average Bonchev–Trinajstić information content (AvgIpc) is 2.61. The van der Waals surface area contributed by atoms with E-state index in [4.69, 9.17) is 16.3 Å². The molecule has 0 spiro atoms. The van der Waals surface area contributed by atoms with Gasteiger partial charge in [0.15, 0.2) is 0 Å². The quantitative estimate of drug-likeness (QED) is 0.823. The number of nitrogens with one attached hydrogen (secondary N) is 1. The summed E-state index contributed by atoms with van der Waals surface area (Å²) in [7, 11) is 0. The molecule has 0 unspecified atom stereocenters. The van der Waals surface area contributed by atoms with E-state index in [0.29, 0.717) is 16.4 Å². The first-order valence-electron chi connectivity index (χ1n) is 7.97. The third-order valence-electron chi connectivity index (χ3n) is 3.96. The molecule has 7 heteroatoms. The molecule has 0 atom stereocenters. The maximum Gasteiger partial charge on any atom is 0.340 e. The number of ether oxygens (including phenoxy) is 1. The van der Waals surface area contributed by atoms with Crippen molar-refractivity contribution in [2.75, 3.05) is 31.1 Å². The van der Waals surface area contributed by atoms with E-state index >= 15 is 0 Å². The van der Waals surface area contributed by atoms with Crippen LogP contribution in [0.15, 0.2) is 36.5 Å². The van der Waals surface area contributed by atoms with Crippen LogP contribution in [0.25, 0.3) is 0 Å². The Labute approximate surface area is 158 Å². The molecule has 0 aliphatic carbocycles. The van der Waals surface area contributed by atoms with Crippen LogP contribution in [0.4, 0.5) is 5.82 Å². The highest BCUT2D eigenvalue weighted by Gasteiger charge is 2.17. The molecule has 1 aliphatic heterocycles. The van der Waals surface area contributed by atoms with Gasteiger partial charge in [0.25, 0.3) is 0 Å². The number of piperazine rings is 1. The third-order valence-corrected chi connectivity index (χ3v) is 4.24. The molecule has 25 heavy (non-hydrogen) atoms. The summed E-state index contributed by atoms with van der Waals surface area (Å²) in [5, 5.41) is 3.76. The predicted molar refractivity (Wildman–Crippen MR) is 102 cm³/mol. The topological polar surface area (TPSA) is 54.5 Å². The van der Waals surface area contributed by atoms with Gasteiger partial charge < -0.3 is 15.0 Å². The van der Waals surface area contributed by atoms with E-state index in [1.807, 2.05) is 31.2 Å². The van der Waals surface area contributed by atoms with Crippen LogP contribution in [0.3, 0.4) is 0 Å². The fourth-order valence-corrected chi connectivity index (χ4v) is 2.85. The molecule has 1 aromatic carbocycles. The summed E-state index contributed by atoms with van der Waals surface area (Å²) in [5.41, 5.74) is 2.49. The second-order valence-electron chi connectivity index (χ2n) is 5.83. The van der Waals surface area contributed by atoms with Gasteiger partial charge >= 0.3 is 5.97 Å². The van der Waals surface area contributed by atoms with E-state index < -0.39 is 5.97 Å². The number of nitrogens with zero attached hydrogens (tertiary/aromatic N) is 2. The third kappa shape index (κ3) is 5.08. The molecule has 2 aromatic rings. The van der Waals surface area contributed by atoms with Crippen molar-refractivity contribution in [1.29, 1.82) is 0 Å². The van der Waals surface area contributed by atoms with Crippen molar-refractivity contribution in [3.05, 3.63) is 58.2 Å². The van der Waals surface area contributed by atoms with E-state index in [1.165, 1.54) is 11.8 Å². The molecule has 0 amide bonds. The molecule has 1 saturated heterocycles. The first-order valence-corrected chi connectivity index (χ1v) is 8.35. The van der Waals surface area contributed by atoms with E-state index in [0.717, 1.165) is 31.7 Å². The van der Waals surface area contributed by atoms with Crippen LogP contribution in [0, 0.1) is 6.92 Å². The first kappa shape index (κ1) is 19.5. The van der Waals surface area contributed by atoms with Gasteiger partial charge in [-0.25, -0.2) is 9.78 Å². The zero-order valence-corrected chi connectivity index (χ0v) is 15.6. The van der Waals surface area contributed by atoms with Crippen LogP contribution in [0.1, 0.15) is 21.5 Å². The first-order chi connectivity index (χ1) is 11.6. The highest BCUT2D eigenvalue weighted by atomic mass is 35.5. The van der Waals surface area contributed by atoms with Gasteiger partial charge in [-0.15, -0.1) is 12.4 Å². The lowest BCUT2D eigenvalue weighted by atomic mass is 10.2. The number of halogens is 2. The molecule has 1 fully saturated rings. The molecule has 3 rings (SSSR count). The summed E-state index contributed by atoms with van der Waals surface area (Å²) >= 11 is 6.31. The monoisotopic (exact) mass is 381 g/mol. The predicted octanol–water partition coefficient (Wildman–Crippen LogP) is 3.23. The maximum absolute atomic E-state index is 12.2. The largest absolute Gasteiger partial charge is 0.457 e. The Morgan fingerprint density at radius 1 is 1.28 bits per heavy atom. The lowest BCUT2D eigenvalue weighted by Crippen LogP contribution is -2.44. The zero-order chi connectivity index (χ0) is 16.9. The number of aromatic nitrogens is 1. The van der Waals surface area contributed by atoms with Crippen molar-refractivity contribution < 1.29 is 9.53 Å². The SMILES string of the molecule is Cc1ccc(COC(=O)c2cnc(N3CCNCC3)c(Cl)c2)cc1.Cl. The van der Waals surface area contributed by atoms with Crippen LogP contribution in [-0.2, 0) is 11.3 Å². The van der Waals surface area contributed by atoms with Crippen molar-refractivity contribution >= 4 is 35.8 Å². The van der Waals surface area contributed by atoms with Gasteiger partial charge in [-0.3, -0.25) is 0 Å². The van der Waals surface area contributed by atoms with Crippen LogP contribution in [0.2, 0.25) is 5.02 Å². The standard InChI is InChI=1S/C18H20ClN3O2.ClH/c1-13-2-4-14(5-3-13)12-24-18(23)15-10-16(19)17(21-11-15)22-8-6-20-7-9-22;/h2-5,10-11,20H,6-9,12H2,1H3;1H. The van der Waals surface area contributed by atoms with Gasteiger partial charge in [0.2, 0.25) is 0 Å². The number of carbonyl (C=O) groups excluding carboxylic acids is 1. The van der Waals surface area contributed by atoms with Crippen molar-refractivity contribution in [3.8, 4) is 0 Å². The summed E-state index contributed by atoms with van der Waals surface area (Å²) < 4.78 is 5.33. The number of benzene rings is 1. The van der Waals surface area contributed by atoms with E-state index in [1.54, 1.807) is 6.07 Å². The number of hydrogen-bond donors (Lipinski definition) is 1. The van der Waals surface area contributed by atoms with Gasteiger partial charge in [-0.2, -0.15) is 0 Å². The second-order valence-corrected chi connectivity index (χ2v) is 6.24. The summed E-state index contributed by atoms with van der Waals surface area (Å²) in [6.07, 6.45) is 1.53. The molecular weight excluding hydrogens is 361 g/mol. The number of anilines is 1. The number of carbonyl (C=O) groups is 1. The lowest BCUT2D eigenvalue weighted by Gasteiger charge is -2.29. The average molecular weight is 382 g/mol. The fourth-order valence-electron chi connectivity index (χ4n) is 2.57. The zero-order valence-electron chi connectivity index (χ0n) is 14.0. The van der Waals surface area contributed by atoms with Gasteiger partial charge in [0.05, 0.1) is 10.6 Å². The molecule has 5 nitrogen and oxygen atoms in total. The number of esters is 1. The molecule has 2 heterocycles. The lowest BCUT2D eigenvalue weighted by molar-refractivity contribution is 0.0472. The van der Waals surface area contributed by atoms with Crippen molar-refractivity contribution in [1.82, 2.24) is 10.3 Å². The Morgan fingerprint density at radius 2 is 1.96 bits per heavy atom. The molecule has 1 N–H and O–H groups in total. The van der Waals surface area contributed by atoms with Gasteiger partial charge in [0, 0.05) is 32.4 Å². The van der Waals surface area contributed by atoms with Crippen LogP contribution >= 0.6 is 24.0 Å². The van der Waals surface area contributed by atoms with E-state index in [2.05, 4.69) is 15.2 Å². The maximum atomic E-state index is 12.2. The second kappa shape index (κ2) is 9.04. The van der Waals surface area contributed by atoms with Crippen molar-refractivity contribution in [3.63, 3.8) is 0 Å². The smallest absolute Gasteiger partial charge is 0.340 e. The molecule has 134 valence electrons. The Kier molecular flexibility index (Phi) is 7.05. The van der Waals surface area contributed by atoms with Crippen LogP contribution in [-0.4, -0.2) is 37.1 Å². The molecule has 1 aromatic heterocycles. The van der Waals surface area contributed by atoms with Crippen molar-refractivity contribution in [2.24, 2.45) is 0 Å². The minimum atomic E-state index is -0.420. The number of aryl methyl sites for hydroxylation is 1. The molecule has 0 bridgehead atoms. The fraction of sp³-hybridized carbons (Fsp3) is 0.333. The molecular formula is C18H21Cl2N3O2. The van der Waals surface area contributed by atoms with Crippen LogP contribution in [0.5, 0.6) is 0 Å². The molecule has 0 radical (unpaired) electrons. The van der Waals surface area contributed by atoms with E-state index in [-0.39, 0.29) is 19.0 Å². The van der Waals surface area contributed by atoms with Gasteiger partial charge in [-0.1, -0.05) is 41.4 Å². The highest BCUT2D eigenvalue weighted by Crippen LogP contribution is 2.24. The van der Waals surface area contributed by atoms with Crippen LogP contribution < -0.4 is 10.2 Å². The summed E-state index contributed by atoms with van der Waals surface area (Å²) in [6, 6.07) is 9.50. The van der Waals surface area contributed by atoms with E-state index in [9.17, 15) is 4.79 Å².